The fraction of sp³-hybridized carbons (Fsp3) is 1.00. The smallest absolute Gasteiger partial charge is 0.159 e. The summed E-state index contributed by atoms with van der Waals surface area (Å²) >= 11 is 0. The minimum Gasteiger partial charge on any atom is -0.377 e. The number of ether oxygens (including phenoxy) is 3. The zero-order valence-corrected chi connectivity index (χ0v) is 11.8. The molecular formula is C14H27NO3. The van der Waals surface area contributed by atoms with Crippen LogP contribution in [0.2, 0.25) is 0 Å². The Labute approximate surface area is 111 Å². The van der Waals surface area contributed by atoms with Crippen molar-refractivity contribution in [3.63, 3.8) is 0 Å². The summed E-state index contributed by atoms with van der Waals surface area (Å²) < 4.78 is 16.8. The van der Waals surface area contributed by atoms with E-state index in [4.69, 9.17) is 14.2 Å². The molecule has 2 saturated heterocycles. The van der Waals surface area contributed by atoms with Crippen molar-refractivity contribution in [2.45, 2.75) is 58.0 Å². The van der Waals surface area contributed by atoms with Gasteiger partial charge in [-0.15, -0.1) is 0 Å². The zero-order chi connectivity index (χ0) is 12.8. The van der Waals surface area contributed by atoms with E-state index >= 15 is 0 Å². The van der Waals surface area contributed by atoms with Gasteiger partial charge in [0, 0.05) is 32.2 Å². The third kappa shape index (κ3) is 4.50. The number of rotatable bonds is 6. The third-order valence-electron chi connectivity index (χ3n) is 3.79. The monoisotopic (exact) mass is 257 g/mol. The van der Waals surface area contributed by atoms with E-state index in [1.807, 2.05) is 0 Å². The fourth-order valence-corrected chi connectivity index (χ4v) is 2.62. The molecule has 1 atom stereocenters. The van der Waals surface area contributed by atoms with Crippen LogP contribution in [0.1, 0.15) is 39.5 Å². The van der Waals surface area contributed by atoms with Crippen LogP contribution in [0, 0.1) is 0 Å². The molecule has 1 unspecified atom stereocenters. The topological polar surface area (TPSA) is 30.9 Å². The molecule has 4 nitrogen and oxygen atoms in total. The van der Waals surface area contributed by atoms with E-state index in [9.17, 15) is 0 Å². The van der Waals surface area contributed by atoms with Gasteiger partial charge < -0.3 is 14.2 Å². The standard InChI is InChI=1S/C14H27NO3/c1-12(2)15(7-6-14-17-9-10-18-14)11-13-5-3-4-8-16-13/h12-14H,3-11H2,1-2H3. The van der Waals surface area contributed by atoms with Crippen LogP contribution < -0.4 is 0 Å². The molecule has 106 valence electrons. The van der Waals surface area contributed by atoms with E-state index in [2.05, 4.69) is 18.7 Å². The maximum atomic E-state index is 5.83. The van der Waals surface area contributed by atoms with Gasteiger partial charge >= 0.3 is 0 Å². The quantitative estimate of drug-likeness (QED) is 0.728. The van der Waals surface area contributed by atoms with E-state index in [1.54, 1.807) is 0 Å². The first-order valence-electron chi connectivity index (χ1n) is 7.34. The SMILES string of the molecule is CC(C)N(CCC1OCCO1)CC1CCCCO1. The predicted octanol–water partition coefficient (Wildman–Crippen LogP) is 2.03. The summed E-state index contributed by atoms with van der Waals surface area (Å²) in [4.78, 5) is 2.49. The molecule has 0 spiro atoms. The maximum Gasteiger partial charge on any atom is 0.159 e. The lowest BCUT2D eigenvalue weighted by molar-refractivity contribution is -0.0591. The van der Waals surface area contributed by atoms with Gasteiger partial charge in [-0.25, -0.2) is 0 Å². The maximum absolute atomic E-state index is 5.83. The van der Waals surface area contributed by atoms with Crippen molar-refractivity contribution < 1.29 is 14.2 Å². The molecule has 0 aromatic carbocycles. The Bertz CT molecular complexity index is 223. The molecule has 0 bridgehead atoms. The molecule has 18 heavy (non-hydrogen) atoms. The Balaban J connectivity index is 1.72. The average molecular weight is 257 g/mol. The molecule has 2 rings (SSSR count). The summed E-state index contributed by atoms with van der Waals surface area (Å²) in [6.45, 7) is 9.01. The van der Waals surface area contributed by atoms with Crippen LogP contribution in [0.25, 0.3) is 0 Å². The Morgan fingerprint density at radius 3 is 2.44 bits per heavy atom. The van der Waals surface area contributed by atoms with Crippen molar-refractivity contribution in [3.05, 3.63) is 0 Å². The molecule has 0 aromatic rings. The first-order valence-corrected chi connectivity index (χ1v) is 7.34. The lowest BCUT2D eigenvalue weighted by Crippen LogP contribution is -2.41. The highest BCUT2D eigenvalue weighted by molar-refractivity contribution is 4.72. The lowest BCUT2D eigenvalue weighted by Gasteiger charge is -2.32. The second kappa shape index (κ2) is 7.43. The van der Waals surface area contributed by atoms with Crippen molar-refractivity contribution in [1.82, 2.24) is 4.90 Å². The molecule has 4 heteroatoms. The second-order valence-electron chi connectivity index (χ2n) is 5.54. The second-order valence-corrected chi connectivity index (χ2v) is 5.54. The van der Waals surface area contributed by atoms with Crippen molar-refractivity contribution >= 4 is 0 Å². The molecule has 2 heterocycles. The highest BCUT2D eigenvalue weighted by Crippen LogP contribution is 2.16. The van der Waals surface area contributed by atoms with E-state index < -0.39 is 0 Å². The molecule has 0 amide bonds. The Morgan fingerprint density at radius 2 is 1.83 bits per heavy atom. The van der Waals surface area contributed by atoms with Gasteiger partial charge in [-0.2, -0.15) is 0 Å². The largest absolute Gasteiger partial charge is 0.377 e. The average Bonchev–Trinajstić information content (AvgIpc) is 2.88. The van der Waals surface area contributed by atoms with Crippen LogP contribution in [0.3, 0.4) is 0 Å². The molecule has 2 aliphatic rings. The summed E-state index contributed by atoms with van der Waals surface area (Å²) in [5.41, 5.74) is 0. The van der Waals surface area contributed by atoms with E-state index in [0.29, 0.717) is 12.1 Å². The van der Waals surface area contributed by atoms with Crippen molar-refractivity contribution in [1.29, 1.82) is 0 Å². The van der Waals surface area contributed by atoms with Gasteiger partial charge in [-0.1, -0.05) is 0 Å². The van der Waals surface area contributed by atoms with Gasteiger partial charge in [0.05, 0.1) is 19.3 Å². The Hall–Kier alpha value is -0.160. The summed E-state index contributed by atoms with van der Waals surface area (Å²) in [6, 6.07) is 0.553. The van der Waals surface area contributed by atoms with Gasteiger partial charge in [-0.3, -0.25) is 4.90 Å². The third-order valence-corrected chi connectivity index (χ3v) is 3.79. The Morgan fingerprint density at radius 1 is 1.06 bits per heavy atom. The van der Waals surface area contributed by atoms with Crippen LogP contribution in [0.4, 0.5) is 0 Å². The van der Waals surface area contributed by atoms with E-state index in [0.717, 1.165) is 39.3 Å². The Kier molecular flexibility index (Phi) is 5.89. The number of hydrogen-bond donors (Lipinski definition) is 0. The molecule has 0 aliphatic carbocycles. The van der Waals surface area contributed by atoms with Crippen LogP contribution in [-0.4, -0.2) is 56.2 Å². The highest BCUT2D eigenvalue weighted by atomic mass is 16.7. The predicted molar refractivity (Wildman–Crippen MR) is 70.6 cm³/mol. The van der Waals surface area contributed by atoms with Crippen LogP contribution in [0.5, 0.6) is 0 Å². The number of hydrogen-bond acceptors (Lipinski definition) is 4. The van der Waals surface area contributed by atoms with Gasteiger partial charge in [0.2, 0.25) is 0 Å². The van der Waals surface area contributed by atoms with Gasteiger partial charge in [0.1, 0.15) is 0 Å². The van der Waals surface area contributed by atoms with Crippen molar-refractivity contribution in [2.24, 2.45) is 0 Å². The minimum absolute atomic E-state index is 0.0125. The summed E-state index contributed by atoms with van der Waals surface area (Å²) in [6.07, 6.45) is 5.14. The van der Waals surface area contributed by atoms with Gasteiger partial charge in [0.25, 0.3) is 0 Å². The van der Waals surface area contributed by atoms with E-state index in [-0.39, 0.29) is 6.29 Å². The van der Waals surface area contributed by atoms with Crippen LogP contribution in [-0.2, 0) is 14.2 Å². The van der Waals surface area contributed by atoms with Crippen LogP contribution >= 0.6 is 0 Å². The van der Waals surface area contributed by atoms with Crippen LogP contribution in [0.15, 0.2) is 0 Å². The molecule has 0 radical (unpaired) electrons. The molecule has 2 aliphatic heterocycles. The fourth-order valence-electron chi connectivity index (χ4n) is 2.62. The minimum atomic E-state index is 0.0125. The molecular weight excluding hydrogens is 230 g/mol. The van der Waals surface area contributed by atoms with Crippen molar-refractivity contribution in [3.8, 4) is 0 Å². The highest BCUT2D eigenvalue weighted by Gasteiger charge is 2.22. The summed E-state index contributed by atoms with van der Waals surface area (Å²) in [7, 11) is 0. The van der Waals surface area contributed by atoms with Gasteiger partial charge in [0.15, 0.2) is 6.29 Å². The molecule has 2 fully saturated rings. The first kappa shape index (κ1) is 14.3. The molecule has 0 saturated carbocycles. The number of nitrogens with zero attached hydrogens (tertiary/aromatic N) is 1. The lowest BCUT2D eigenvalue weighted by atomic mass is 10.1. The van der Waals surface area contributed by atoms with Crippen molar-refractivity contribution in [2.75, 3.05) is 32.9 Å². The molecule has 0 N–H and O–H groups in total. The molecule has 0 aromatic heterocycles. The normalized spacial score (nSPS) is 26.3. The van der Waals surface area contributed by atoms with E-state index in [1.165, 1.54) is 19.3 Å². The zero-order valence-electron chi connectivity index (χ0n) is 11.8. The first-order chi connectivity index (χ1) is 8.75. The summed E-state index contributed by atoms with van der Waals surface area (Å²) in [5, 5.41) is 0. The van der Waals surface area contributed by atoms with Gasteiger partial charge in [-0.05, 0) is 33.1 Å². The summed E-state index contributed by atoms with van der Waals surface area (Å²) in [5.74, 6) is 0.